The van der Waals surface area contributed by atoms with Crippen molar-refractivity contribution in [2.24, 2.45) is 0 Å². The molecule has 1 heterocycles. The summed E-state index contributed by atoms with van der Waals surface area (Å²) in [6.07, 6.45) is -0.381. The van der Waals surface area contributed by atoms with Gasteiger partial charge in [-0.25, -0.2) is 10.0 Å². The fourth-order valence-corrected chi connectivity index (χ4v) is 1.35. The topological polar surface area (TPSA) is 30.0 Å². The quantitative estimate of drug-likeness (QED) is 0.566. The van der Waals surface area contributed by atoms with E-state index in [4.69, 9.17) is 0 Å². The Kier molecular flexibility index (Phi) is 3.46. The average Bonchev–Trinajstić information content (AvgIpc) is 2.04. The molecule has 1 atom stereocenters. The number of piperazine rings is 1. The number of aliphatic hydroxyl groups excluding tert-OH is 1. The zero-order chi connectivity index (χ0) is 9.14. The number of hydrazine groups is 1. The Morgan fingerprint density at radius 1 is 1.25 bits per heavy atom. The normalized spacial score (nSPS) is 24.8. The van der Waals surface area contributed by atoms with E-state index in [0.29, 0.717) is 0 Å². The van der Waals surface area contributed by atoms with Gasteiger partial charge >= 0.3 is 0 Å². The molecule has 0 saturated carbocycles. The molecule has 1 aliphatic heterocycles. The molecule has 1 saturated heterocycles. The molecular formula is C8H19N3O. The molecule has 4 nitrogen and oxygen atoms in total. The molecular weight excluding hydrogens is 154 g/mol. The molecule has 0 radical (unpaired) electrons. The van der Waals surface area contributed by atoms with E-state index in [0.717, 1.165) is 26.2 Å². The van der Waals surface area contributed by atoms with E-state index in [1.807, 2.05) is 12.1 Å². The Hall–Kier alpha value is -0.160. The Labute approximate surface area is 74.3 Å². The van der Waals surface area contributed by atoms with Gasteiger partial charge in [0.2, 0.25) is 0 Å². The van der Waals surface area contributed by atoms with Crippen LogP contribution in [0.3, 0.4) is 0 Å². The Morgan fingerprint density at radius 3 is 2.17 bits per heavy atom. The molecule has 0 aromatic heterocycles. The maximum Gasteiger partial charge on any atom is 0.116 e. The van der Waals surface area contributed by atoms with Gasteiger partial charge in [-0.05, 0) is 14.0 Å². The van der Waals surface area contributed by atoms with Gasteiger partial charge in [0.05, 0.1) is 0 Å². The molecule has 72 valence electrons. The van der Waals surface area contributed by atoms with E-state index in [2.05, 4.69) is 17.0 Å². The van der Waals surface area contributed by atoms with E-state index < -0.39 is 0 Å². The minimum absolute atomic E-state index is 0.381. The monoisotopic (exact) mass is 173 g/mol. The van der Waals surface area contributed by atoms with Crippen molar-refractivity contribution in [1.82, 2.24) is 14.9 Å². The number of hydrogen-bond donors (Lipinski definition) is 1. The van der Waals surface area contributed by atoms with Gasteiger partial charge in [0, 0.05) is 33.2 Å². The highest BCUT2D eigenvalue weighted by molar-refractivity contribution is 4.66. The maximum absolute atomic E-state index is 9.31. The number of aliphatic hydroxyl groups is 1. The minimum atomic E-state index is -0.381. The van der Waals surface area contributed by atoms with Gasteiger partial charge in [0.25, 0.3) is 0 Å². The van der Waals surface area contributed by atoms with Gasteiger partial charge in [-0.1, -0.05) is 0 Å². The highest BCUT2D eigenvalue weighted by Crippen LogP contribution is 2.04. The molecule has 0 aliphatic carbocycles. The number of likely N-dealkylation sites (N-methyl/N-ethyl adjacent to an activating group) is 1. The number of nitrogens with zero attached hydrogens (tertiary/aromatic N) is 3. The van der Waals surface area contributed by atoms with Crippen LogP contribution >= 0.6 is 0 Å². The average molecular weight is 173 g/mol. The first-order valence-corrected chi connectivity index (χ1v) is 4.45. The van der Waals surface area contributed by atoms with Crippen LogP contribution in [0, 0.1) is 0 Å². The van der Waals surface area contributed by atoms with Crippen LogP contribution in [0.2, 0.25) is 0 Å². The van der Waals surface area contributed by atoms with Crippen molar-refractivity contribution in [3.8, 4) is 0 Å². The Balaban J connectivity index is 2.34. The highest BCUT2D eigenvalue weighted by Gasteiger charge is 2.19. The van der Waals surface area contributed by atoms with Gasteiger partial charge < -0.3 is 10.0 Å². The van der Waals surface area contributed by atoms with Gasteiger partial charge in [0.1, 0.15) is 6.23 Å². The van der Waals surface area contributed by atoms with Crippen LogP contribution in [0.1, 0.15) is 6.92 Å². The summed E-state index contributed by atoms with van der Waals surface area (Å²) in [6, 6.07) is 0. The summed E-state index contributed by atoms with van der Waals surface area (Å²) in [5.74, 6) is 0. The summed E-state index contributed by atoms with van der Waals surface area (Å²) < 4.78 is 0. The smallest absolute Gasteiger partial charge is 0.116 e. The van der Waals surface area contributed by atoms with Crippen molar-refractivity contribution in [3.63, 3.8) is 0 Å². The van der Waals surface area contributed by atoms with Crippen molar-refractivity contribution in [2.45, 2.75) is 13.2 Å². The van der Waals surface area contributed by atoms with Gasteiger partial charge in [-0.3, -0.25) is 0 Å². The minimum Gasteiger partial charge on any atom is -0.377 e. The Morgan fingerprint density at radius 2 is 1.75 bits per heavy atom. The molecule has 0 aromatic carbocycles. The molecule has 0 bridgehead atoms. The predicted octanol–water partition coefficient (Wildman–Crippen LogP) is -0.581. The number of hydrogen-bond acceptors (Lipinski definition) is 4. The lowest BCUT2D eigenvalue weighted by atomic mass is 10.4. The third-order valence-electron chi connectivity index (χ3n) is 2.47. The molecule has 1 unspecified atom stereocenters. The van der Waals surface area contributed by atoms with Crippen molar-refractivity contribution in [1.29, 1.82) is 0 Å². The molecule has 1 N–H and O–H groups in total. The first-order valence-electron chi connectivity index (χ1n) is 4.45. The second kappa shape index (κ2) is 4.18. The molecule has 12 heavy (non-hydrogen) atoms. The predicted molar refractivity (Wildman–Crippen MR) is 48.5 cm³/mol. The fraction of sp³-hybridized carbons (Fsp3) is 1.00. The van der Waals surface area contributed by atoms with Gasteiger partial charge in [-0.15, -0.1) is 0 Å². The van der Waals surface area contributed by atoms with E-state index in [1.54, 1.807) is 6.92 Å². The van der Waals surface area contributed by atoms with Crippen molar-refractivity contribution in [2.75, 3.05) is 40.3 Å². The summed E-state index contributed by atoms with van der Waals surface area (Å²) in [5, 5.41) is 13.4. The van der Waals surface area contributed by atoms with E-state index in [1.165, 1.54) is 0 Å². The van der Waals surface area contributed by atoms with E-state index in [-0.39, 0.29) is 6.23 Å². The zero-order valence-electron chi connectivity index (χ0n) is 8.19. The molecule has 0 aromatic rings. The SMILES string of the molecule is CC(O)N(C)N1CCN(C)CC1. The highest BCUT2D eigenvalue weighted by atomic mass is 16.3. The van der Waals surface area contributed by atoms with Crippen LogP contribution in [0.5, 0.6) is 0 Å². The lowest BCUT2D eigenvalue weighted by molar-refractivity contribution is -0.127. The zero-order valence-corrected chi connectivity index (χ0v) is 8.19. The molecule has 1 rings (SSSR count). The van der Waals surface area contributed by atoms with Crippen LogP contribution in [0.4, 0.5) is 0 Å². The summed E-state index contributed by atoms with van der Waals surface area (Å²) in [7, 11) is 4.05. The largest absolute Gasteiger partial charge is 0.377 e. The summed E-state index contributed by atoms with van der Waals surface area (Å²) in [4.78, 5) is 2.30. The maximum atomic E-state index is 9.31. The lowest BCUT2D eigenvalue weighted by Gasteiger charge is -2.39. The fourth-order valence-electron chi connectivity index (χ4n) is 1.35. The second-order valence-corrected chi connectivity index (χ2v) is 3.46. The van der Waals surface area contributed by atoms with Crippen LogP contribution in [0.15, 0.2) is 0 Å². The third kappa shape index (κ3) is 2.42. The third-order valence-corrected chi connectivity index (χ3v) is 2.47. The molecule has 0 spiro atoms. The second-order valence-electron chi connectivity index (χ2n) is 3.46. The van der Waals surface area contributed by atoms with Crippen LogP contribution < -0.4 is 0 Å². The van der Waals surface area contributed by atoms with Gasteiger partial charge in [0.15, 0.2) is 0 Å². The van der Waals surface area contributed by atoms with Crippen LogP contribution in [-0.2, 0) is 0 Å². The summed E-state index contributed by atoms with van der Waals surface area (Å²) in [6.45, 7) is 5.97. The molecule has 1 aliphatic rings. The van der Waals surface area contributed by atoms with Crippen molar-refractivity contribution < 1.29 is 5.11 Å². The lowest BCUT2D eigenvalue weighted by Crippen LogP contribution is -2.53. The van der Waals surface area contributed by atoms with Gasteiger partial charge in [-0.2, -0.15) is 0 Å². The van der Waals surface area contributed by atoms with Crippen molar-refractivity contribution in [3.05, 3.63) is 0 Å². The Bertz CT molecular complexity index is 132. The van der Waals surface area contributed by atoms with E-state index in [9.17, 15) is 5.11 Å². The molecule has 1 fully saturated rings. The summed E-state index contributed by atoms with van der Waals surface area (Å²) >= 11 is 0. The van der Waals surface area contributed by atoms with Crippen LogP contribution in [0.25, 0.3) is 0 Å². The number of rotatable bonds is 2. The first kappa shape index (κ1) is 9.92. The van der Waals surface area contributed by atoms with E-state index >= 15 is 0 Å². The van der Waals surface area contributed by atoms with Crippen LogP contribution in [-0.4, -0.2) is 66.5 Å². The van der Waals surface area contributed by atoms with Crippen molar-refractivity contribution >= 4 is 0 Å². The molecule has 0 amide bonds. The standard InChI is InChI=1S/C8H19N3O/c1-8(12)10(3)11-6-4-9(2)5-7-11/h8,12H,4-7H2,1-3H3. The summed E-state index contributed by atoms with van der Waals surface area (Å²) in [5.41, 5.74) is 0. The molecule has 4 heteroatoms. The first-order chi connectivity index (χ1) is 5.61.